The maximum atomic E-state index is 13.2. The fourth-order valence-electron chi connectivity index (χ4n) is 1.77. The summed E-state index contributed by atoms with van der Waals surface area (Å²) in [4.78, 5) is 0. The van der Waals surface area contributed by atoms with E-state index in [2.05, 4.69) is 5.10 Å². The summed E-state index contributed by atoms with van der Waals surface area (Å²) in [7, 11) is -3.07. The zero-order valence-electron chi connectivity index (χ0n) is 11.1. The number of hydrogen-bond donors (Lipinski definition) is 1. The van der Waals surface area contributed by atoms with Crippen molar-refractivity contribution < 1.29 is 12.8 Å². The minimum Gasteiger partial charge on any atom is -0.384 e. The van der Waals surface area contributed by atoms with Gasteiger partial charge in [-0.3, -0.25) is 0 Å². The highest BCUT2D eigenvalue weighted by Gasteiger charge is 2.12. The van der Waals surface area contributed by atoms with Gasteiger partial charge in [-0.05, 0) is 12.1 Å². The molecule has 0 radical (unpaired) electrons. The average Bonchev–Trinajstić information content (AvgIpc) is 2.78. The molecule has 0 spiro atoms. The molecule has 2 N–H and O–H groups in total. The standard InChI is InChI=1S/C13H16FN3O2S/c1-2-20(18,19)7-6-17-13(15)9-12(16-17)10-4-3-5-11(14)8-10/h3-5,8-9H,2,6-7,15H2,1H3. The smallest absolute Gasteiger partial charge is 0.151 e. The van der Waals surface area contributed by atoms with E-state index in [9.17, 15) is 12.8 Å². The highest BCUT2D eigenvalue weighted by Crippen LogP contribution is 2.21. The highest BCUT2D eigenvalue weighted by molar-refractivity contribution is 7.91. The molecular formula is C13H16FN3O2S. The van der Waals surface area contributed by atoms with Gasteiger partial charge in [-0.2, -0.15) is 5.10 Å². The Morgan fingerprint density at radius 1 is 1.35 bits per heavy atom. The number of benzene rings is 1. The van der Waals surface area contributed by atoms with Crippen LogP contribution in [0.3, 0.4) is 0 Å². The Morgan fingerprint density at radius 3 is 2.75 bits per heavy atom. The van der Waals surface area contributed by atoms with Gasteiger partial charge in [0.2, 0.25) is 0 Å². The van der Waals surface area contributed by atoms with Gasteiger partial charge in [0.1, 0.15) is 11.6 Å². The second kappa shape index (κ2) is 5.62. The molecule has 0 amide bonds. The maximum Gasteiger partial charge on any atom is 0.151 e. The van der Waals surface area contributed by atoms with Gasteiger partial charge in [-0.15, -0.1) is 0 Å². The third-order valence-corrected chi connectivity index (χ3v) is 4.67. The Balaban J connectivity index is 2.22. The number of nitrogens with two attached hydrogens (primary N) is 1. The number of anilines is 1. The van der Waals surface area contributed by atoms with E-state index in [-0.39, 0.29) is 23.9 Å². The summed E-state index contributed by atoms with van der Waals surface area (Å²) in [6, 6.07) is 7.61. The van der Waals surface area contributed by atoms with Crippen molar-refractivity contribution in [2.24, 2.45) is 0 Å². The Labute approximate surface area is 117 Å². The molecule has 0 bridgehead atoms. The first kappa shape index (κ1) is 14.5. The van der Waals surface area contributed by atoms with Crippen molar-refractivity contribution >= 4 is 15.7 Å². The zero-order valence-corrected chi connectivity index (χ0v) is 11.9. The predicted octanol–water partition coefficient (Wildman–Crippen LogP) is 1.71. The molecule has 0 aliphatic carbocycles. The summed E-state index contributed by atoms with van der Waals surface area (Å²) in [6.07, 6.45) is 0. The molecular weight excluding hydrogens is 281 g/mol. The molecule has 1 aromatic heterocycles. The fraction of sp³-hybridized carbons (Fsp3) is 0.308. The Kier molecular flexibility index (Phi) is 4.08. The Hall–Kier alpha value is -1.89. The number of aryl methyl sites for hydroxylation is 1. The predicted molar refractivity (Wildman–Crippen MR) is 76.4 cm³/mol. The maximum absolute atomic E-state index is 13.2. The van der Waals surface area contributed by atoms with E-state index in [4.69, 9.17) is 5.73 Å². The first-order chi connectivity index (χ1) is 9.41. The molecule has 0 aliphatic rings. The van der Waals surface area contributed by atoms with Gasteiger partial charge >= 0.3 is 0 Å². The second-order valence-corrected chi connectivity index (χ2v) is 6.90. The van der Waals surface area contributed by atoms with E-state index in [1.807, 2.05) is 0 Å². The molecule has 0 fully saturated rings. The lowest BCUT2D eigenvalue weighted by atomic mass is 10.1. The normalized spacial score (nSPS) is 11.7. The fourth-order valence-corrected chi connectivity index (χ4v) is 2.51. The summed E-state index contributed by atoms with van der Waals surface area (Å²) < 4.78 is 37.5. The van der Waals surface area contributed by atoms with Crippen LogP contribution in [-0.2, 0) is 16.4 Å². The summed E-state index contributed by atoms with van der Waals surface area (Å²) in [5.74, 6) is 0.0721. The van der Waals surface area contributed by atoms with Crippen LogP contribution in [0.1, 0.15) is 6.92 Å². The van der Waals surface area contributed by atoms with E-state index in [0.717, 1.165) is 0 Å². The first-order valence-electron chi connectivity index (χ1n) is 6.21. The molecule has 108 valence electrons. The van der Waals surface area contributed by atoms with Crippen LogP contribution in [0.25, 0.3) is 11.3 Å². The van der Waals surface area contributed by atoms with Gasteiger partial charge in [-0.25, -0.2) is 17.5 Å². The zero-order chi connectivity index (χ0) is 14.8. The van der Waals surface area contributed by atoms with Crippen LogP contribution in [0.2, 0.25) is 0 Å². The molecule has 7 heteroatoms. The van der Waals surface area contributed by atoms with Crippen LogP contribution in [0, 0.1) is 5.82 Å². The van der Waals surface area contributed by atoms with E-state index >= 15 is 0 Å². The average molecular weight is 297 g/mol. The lowest BCUT2D eigenvalue weighted by Gasteiger charge is -2.03. The molecule has 0 saturated carbocycles. The molecule has 2 aromatic rings. The van der Waals surface area contributed by atoms with Gasteiger partial charge in [0.15, 0.2) is 9.84 Å². The number of nitrogens with zero attached hydrogens (tertiary/aromatic N) is 2. The molecule has 1 aromatic carbocycles. The number of hydrogen-bond acceptors (Lipinski definition) is 4. The van der Waals surface area contributed by atoms with Crippen molar-refractivity contribution in [3.8, 4) is 11.3 Å². The third-order valence-electron chi connectivity index (χ3n) is 2.99. The third kappa shape index (κ3) is 3.36. The second-order valence-electron chi connectivity index (χ2n) is 4.42. The van der Waals surface area contributed by atoms with Crippen LogP contribution in [0.5, 0.6) is 0 Å². The summed E-state index contributed by atoms with van der Waals surface area (Å²) in [6.45, 7) is 1.79. The van der Waals surface area contributed by atoms with Crippen LogP contribution in [0.4, 0.5) is 10.2 Å². The molecule has 2 rings (SSSR count). The monoisotopic (exact) mass is 297 g/mol. The molecule has 5 nitrogen and oxygen atoms in total. The topological polar surface area (TPSA) is 78.0 Å². The van der Waals surface area contributed by atoms with Crippen molar-refractivity contribution in [3.63, 3.8) is 0 Å². The molecule has 0 atom stereocenters. The van der Waals surface area contributed by atoms with Gasteiger partial charge in [-0.1, -0.05) is 19.1 Å². The van der Waals surface area contributed by atoms with Crippen LogP contribution < -0.4 is 5.73 Å². The summed E-state index contributed by atoms with van der Waals surface area (Å²) in [5, 5.41) is 4.22. The first-order valence-corrected chi connectivity index (χ1v) is 8.03. The summed E-state index contributed by atoms with van der Waals surface area (Å²) >= 11 is 0. The van der Waals surface area contributed by atoms with Crippen molar-refractivity contribution in [3.05, 3.63) is 36.1 Å². The summed E-state index contributed by atoms with van der Waals surface area (Å²) in [5.41, 5.74) is 6.93. The van der Waals surface area contributed by atoms with Gasteiger partial charge in [0.25, 0.3) is 0 Å². The number of nitrogen functional groups attached to an aromatic ring is 1. The SMILES string of the molecule is CCS(=O)(=O)CCn1nc(-c2cccc(F)c2)cc1N. The van der Waals surface area contributed by atoms with E-state index in [1.165, 1.54) is 16.8 Å². The molecule has 1 heterocycles. The van der Waals surface area contributed by atoms with Crippen LogP contribution in [0.15, 0.2) is 30.3 Å². The molecule has 0 aliphatic heterocycles. The number of sulfone groups is 1. The van der Waals surface area contributed by atoms with Crippen LogP contribution >= 0.6 is 0 Å². The quantitative estimate of drug-likeness (QED) is 0.911. The molecule has 0 unspecified atom stereocenters. The van der Waals surface area contributed by atoms with Crippen molar-refractivity contribution in [2.45, 2.75) is 13.5 Å². The lowest BCUT2D eigenvalue weighted by Crippen LogP contribution is -2.16. The van der Waals surface area contributed by atoms with Gasteiger partial charge < -0.3 is 5.73 Å². The van der Waals surface area contributed by atoms with Crippen molar-refractivity contribution in [1.29, 1.82) is 0 Å². The molecule has 20 heavy (non-hydrogen) atoms. The Morgan fingerprint density at radius 2 is 2.10 bits per heavy atom. The van der Waals surface area contributed by atoms with Gasteiger partial charge in [0.05, 0.1) is 18.0 Å². The number of rotatable bonds is 5. The number of halogens is 1. The molecule has 0 saturated heterocycles. The van der Waals surface area contributed by atoms with Crippen LogP contribution in [-0.4, -0.2) is 29.7 Å². The largest absolute Gasteiger partial charge is 0.384 e. The van der Waals surface area contributed by atoms with Crippen molar-refractivity contribution in [2.75, 3.05) is 17.2 Å². The minimum absolute atomic E-state index is 0.0159. The van der Waals surface area contributed by atoms with E-state index in [1.54, 1.807) is 25.1 Å². The highest BCUT2D eigenvalue weighted by atomic mass is 32.2. The number of aromatic nitrogens is 2. The van der Waals surface area contributed by atoms with Gasteiger partial charge in [0, 0.05) is 17.4 Å². The Bertz CT molecular complexity index is 710. The van der Waals surface area contributed by atoms with E-state index in [0.29, 0.717) is 17.1 Å². The minimum atomic E-state index is -3.07. The lowest BCUT2D eigenvalue weighted by molar-refractivity contribution is 0.583. The van der Waals surface area contributed by atoms with Crippen molar-refractivity contribution in [1.82, 2.24) is 9.78 Å². The van der Waals surface area contributed by atoms with E-state index < -0.39 is 9.84 Å².